The van der Waals surface area contributed by atoms with E-state index in [0.29, 0.717) is 0 Å². The van der Waals surface area contributed by atoms with Crippen molar-refractivity contribution in [1.29, 1.82) is 0 Å². The number of nitrogens with zero attached hydrogens (tertiary/aromatic N) is 2. The largest absolute Gasteiger partial charge is 0.346 e. The summed E-state index contributed by atoms with van der Waals surface area (Å²) < 4.78 is 0. The molecule has 7 nitrogen and oxygen atoms in total. The molecule has 0 unspecified atom stereocenters. The fourth-order valence-corrected chi connectivity index (χ4v) is 6.09. The van der Waals surface area contributed by atoms with Crippen LogP contribution < -0.4 is 5.32 Å². The molecule has 206 valence electrons. The smallest absolute Gasteiger partial charge is 0.225 e. The molecule has 7 heteroatoms. The normalized spacial score (nSPS) is 22.3. The van der Waals surface area contributed by atoms with Crippen molar-refractivity contribution in [1.82, 2.24) is 20.2 Å². The summed E-state index contributed by atoms with van der Waals surface area (Å²) in [6.07, 6.45) is 4.98. The number of nitrogens with one attached hydrogen (secondary N) is 2. The molecule has 0 spiro atoms. The van der Waals surface area contributed by atoms with Crippen molar-refractivity contribution < 1.29 is 14.4 Å². The Morgan fingerprint density at radius 1 is 1.08 bits per heavy atom. The maximum absolute atomic E-state index is 13.7. The van der Waals surface area contributed by atoms with E-state index in [1.807, 2.05) is 67.3 Å². The Balaban J connectivity index is 1.30. The third kappa shape index (κ3) is 6.07. The number of H-pyrrole nitrogens is 1. The van der Waals surface area contributed by atoms with Crippen LogP contribution in [0.15, 0.2) is 48.5 Å². The number of aromatic amines is 1. The fourth-order valence-electron chi connectivity index (χ4n) is 6.09. The topological polar surface area (TPSA) is 95.2 Å². The monoisotopic (exact) mass is 528 g/mol. The van der Waals surface area contributed by atoms with Gasteiger partial charge in [0.25, 0.3) is 0 Å². The second-order valence-corrected chi connectivity index (χ2v) is 11.4. The first-order valence-corrected chi connectivity index (χ1v) is 14.5. The molecule has 2 amide bonds. The number of imidazole rings is 1. The van der Waals surface area contributed by atoms with Crippen LogP contribution in [-0.4, -0.2) is 51.1 Å². The summed E-state index contributed by atoms with van der Waals surface area (Å²) in [4.78, 5) is 50.5. The standard InChI is InChI=1S/C32H40N4O3/c1-4-23-14-8-9-16-36(23)29(38)19-27(34-32(39)25-18-24(25)22-12-6-5-7-13-22)28(37)17-21(3)31-33-26-15-10-11-20(2)30(26)35-31/h5-7,10-13,15,21,23-25,27H,4,8-9,14,16-19H2,1-3H3,(H,33,35)(H,34,39)/t21-,23+,24-,25+,27+/m1/s1. The molecule has 1 aromatic heterocycles. The van der Waals surface area contributed by atoms with Crippen molar-refractivity contribution in [3.05, 3.63) is 65.5 Å². The summed E-state index contributed by atoms with van der Waals surface area (Å²) in [6, 6.07) is 15.4. The van der Waals surface area contributed by atoms with Crippen molar-refractivity contribution in [2.24, 2.45) is 5.92 Å². The Bertz CT molecular complexity index is 1330. The summed E-state index contributed by atoms with van der Waals surface area (Å²) in [6.45, 7) is 6.81. The predicted octanol–water partition coefficient (Wildman–Crippen LogP) is 5.40. The zero-order chi connectivity index (χ0) is 27.5. The van der Waals surface area contributed by atoms with Gasteiger partial charge in [-0.1, -0.05) is 56.3 Å². The number of piperidine rings is 1. The van der Waals surface area contributed by atoms with Gasteiger partial charge in [-0.2, -0.15) is 0 Å². The SMILES string of the molecule is CC[C@H]1CCCCN1C(=O)C[C@H](NC(=O)[C@H]1C[C@@H]1c1ccccc1)C(=O)C[C@@H](C)c1nc2c(C)cccc2[nH]1. The van der Waals surface area contributed by atoms with Gasteiger partial charge in [0.05, 0.1) is 23.5 Å². The maximum atomic E-state index is 13.7. The maximum Gasteiger partial charge on any atom is 0.225 e. The Hall–Kier alpha value is -3.48. The summed E-state index contributed by atoms with van der Waals surface area (Å²) in [7, 11) is 0. The van der Waals surface area contributed by atoms with E-state index < -0.39 is 6.04 Å². The first-order chi connectivity index (χ1) is 18.9. The van der Waals surface area contributed by atoms with Crippen LogP contribution in [-0.2, 0) is 14.4 Å². The molecule has 0 radical (unpaired) electrons. The number of rotatable bonds is 10. The molecule has 0 bridgehead atoms. The second kappa shape index (κ2) is 11.7. The van der Waals surface area contributed by atoms with Gasteiger partial charge < -0.3 is 15.2 Å². The van der Waals surface area contributed by atoms with Gasteiger partial charge in [0.15, 0.2) is 5.78 Å². The minimum Gasteiger partial charge on any atom is -0.346 e. The van der Waals surface area contributed by atoms with Crippen molar-refractivity contribution in [2.75, 3.05) is 6.54 Å². The molecule has 5 atom stereocenters. The number of carbonyl (C=O) groups is 3. The van der Waals surface area contributed by atoms with Crippen molar-refractivity contribution in [2.45, 2.75) is 89.6 Å². The molecular weight excluding hydrogens is 488 g/mol. The van der Waals surface area contributed by atoms with Crippen LogP contribution in [0.1, 0.15) is 87.6 Å². The predicted molar refractivity (Wildman–Crippen MR) is 152 cm³/mol. The number of hydrogen-bond donors (Lipinski definition) is 2. The number of hydrogen-bond acceptors (Lipinski definition) is 4. The van der Waals surface area contributed by atoms with E-state index in [9.17, 15) is 14.4 Å². The van der Waals surface area contributed by atoms with Gasteiger partial charge in [-0.15, -0.1) is 0 Å². The Kier molecular flexibility index (Phi) is 8.15. The van der Waals surface area contributed by atoms with E-state index >= 15 is 0 Å². The minimum absolute atomic E-state index is 0.00968. The number of Topliss-reactive ketones (excluding diaryl/α,β-unsaturated/α-hetero) is 1. The molecule has 2 aliphatic rings. The van der Waals surface area contributed by atoms with Gasteiger partial charge in [-0.25, -0.2) is 4.98 Å². The molecule has 3 aromatic rings. The zero-order valence-corrected chi connectivity index (χ0v) is 23.3. The Morgan fingerprint density at radius 2 is 1.87 bits per heavy atom. The molecule has 1 aliphatic carbocycles. The highest BCUT2D eigenvalue weighted by Gasteiger charge is 2.45. The molecule has 2 heterocycles. The molecule has 2 fully saturated rings. The van der Waals surface area contributed by atoms with Crippen molar-refractivity contribution in [3.8, 4) is 0 Å². The summed E-state index contributed by atoms with van der Waals surface area (Å²) in [5, 5.41) is 3.01. The third-order valence-electron chi connectivity index (χ3n) is 8.56. The number of amides is 2. The molecule has 1 saturated carbocycles. The molecule has 39 heavy (non-hydrogen) atoms. The van der Waals surface area contributed by atoms with E-state index in [0.717, 1.165) is 66.6 Å². The average molecular weight is 529 g/mol. The number of likely N-dealkylation sites (tertiary alicyclic amines) is 1. The fraction of sp³-hybridized carbons (Fsp3) is 0.500. The Morgan fingerprint density at radius 3 is 2.62 bits per heavy atom. The highest BCUT2D eigenvalue weighted by Crippen LogP contribution is 2.47. The van der Waals surface area contributed by atoms with Gasteiger partial charge in [0.1, 0.15) is 5.82 Å². The highest BCUT2D eigenvalue weighted by atomic mass is 16.2. The van der Waals surface area contributed by atoms with Crippen LogP contribution in [0.5, 0.6) is 0 Å². The number of ketones is 1. The molecular formula is C32H40N4O3. The van der Waals surface area contributed by atoms with E-state index in [1.54, 1.807) is 0 Å². The van der Waals surface area contributed by atoms with Gasteiger partial charge >= 0.3 is 0 Å². The van der Waals surface area contributed by atoms with Crippen LogP contribution >= 0.6 is 0 Å². The summed E-state index contributed by atoms with van der Waals surface area (Å²) >= 11 is 0. The number of fused-ring (bicyclic) bond motifs is 1. The molecule has 2 N–H and O–H groups in total. The first-order valence-electron chi connectivity index (χ1n) is 14.5. The van der Waals surface area contributed by atoms with Crippen molar-refractivity contribution in [3.63, 3.8) is 0 Å². The first kappa shape index (κ1) is 27.1. The summed E-state index contributed by atoms with van der Waals surface area (Å²) in [5.41, 5.74) is 4.07. The number of benzene rings is 2. The lowest BCUT2D eigenvalue weighted by Gasteiger charge is -2.36. The van der Waals surface area contributed by atoms with Gasteiger partial charge in [-0.3, -0.25) is 14.4 Å². The van der Waals surface area contributed by atoms with Crippen molar-refractivity contribution >= 4 is 28.6 Å². The van der Waals surface area contributed by atoms with Crippen LogP contribution in [0, 0.1) is 12.8 Å². The van der Waals surface area contributed by atoms with Crippen LogP contribution in [0.3, 0.4) is 0 Å². The van der Waals surface area contributed by atoms with E-state index in [2.05, 4.69) is 17.2 Å². The molecule has 1 saturated heterocycles. The highest BCUT2D eigenvalue weighted by molar-refractivity contribution is 5.95. The number of carbonyl (C=O) groups excluding carboxylic acids is 3. The van der Waals surface area contributed by atoms with Gasteiger partial charge in [0, 0.05) is 30.8 Å². The lowest BCUT2D eigenvalue weighted by Crippen LogP contribution is -2.49. The van der Waals surface area contributed by atoms with Crippen LogP contribution in [0.4, 0.5) is 0 Å². The van der Waals surface area contributed by atoms with E-state index in [-0.39, 0.29) is 54.2 Å². The van der Waals surface area contributed by atoms with Gasteiger partial charge in [0.2, 0.25) is 11.8 Å². The van der Waals surface area contributed by atoms with Crippen LogP contribution in [0.25, 0.3) is 11.0 Å². The average Bonchev–Trinajstić information content (AvgIpc) is 3.63. The lowest BCUT2D eigenvalue weighted by atomic mass is 9.95. The van der Waals surface area contributed by atoms with Crippen LogP contribution in [0.2, 0.25) is 0 Å². The second-order valence-electron chi connectivity index (χ2n) is 11.4. The summed E-state index contributed by atoms with van der Waals surface area (Å²) in [5.74, 6) is 0.292. The number of para-hydroxylation sites is 1. The molecule has 1 aliphatic heterocycles. The number of aromatic nitrogens is 2. The Labute approximate surface area is 230 Å². The van der Waals surface area contributed by atoms with E-state index in [1.165, 1.54) is 0 Å². The molecule has 5 rings (SSSR count). The van der Waals surface area contributed by atoms with Gasteiger partial charge in [-0.05, 0) is 62.1 Å². The zero-order valence-electron chi connectivity index (χ0n) is 23.3. The van der Waals surface area contributed by atoms with E-state index in [4.69, 9.17) is 4.98 Å². The molecule has 2 aromatic carbocycles. The third-order valence-corrected chi connectivity index (χ3v) is 8.56. The quantitative estimate of drug-likeness (QED) is 0.368. The number of aryl methyl sites for hydroxylation is 1. The minimum atomic E-state index is -0.838. The lowest BCUT2D eigenvalue weighted by molar-refractivity contribution is -0.138.